The monoisotopic (exact) mass is 478 g/mol. The number of anilines is 2. The highest BCUT2D eigenvalue weighted by Gasteiger charge is 2.31. The normalized spacial score (nSPS) is 18.7. The Labute approximate surface area is 201 Å². The molecule has 0 radical (unpaired) electrons. The number of nitrogens with zero attached hydrogens (tertiary/aromatic N) is 5. The Bertz CT molecular complexity index is 1200. The van der Waals surface area contributed by atoms with Gasteiger partial charge in [0, 0.05) is 24.1 Å². The first-order chi connectivity index (χ1) is 17.0. The fourth-order valence-electron chi connectivity index (χ4n) is 3.95. The van der Waals surface area contributed by atoms with Gasteiger partial charge < -0.3 is 25.6 Å². The minimum atomic E-state index is -0.250. The Morgan fingerprint density at radius 3 is 2.63 bits per heavy atom. The first-order valence-electron chi connectivity index (χ1n) is 11.2. The van der Waals surface area contributed by atoms with Gasteiger partial charge in [-0.1, -0.05) is 0 Å². The van der Waals surface area contributed by atoms with Crippen molar-refractivity contribution in [3.8, 4) is 29.0 Å². The van der Waals surface area contributed by atoms with Gasteiger partial charge in [-0.2, -0.15) is 10.4 Å². The minimum absolute atomic E-state index is 0.0670. The molecule has 3 aromatic rings. The number of aromatic nitrogens is 5. The van der Waals surface area contributed by atoms with E-state index in [0.29, 0.717) is 29.1 Å². The second-order valence-electron chi connectivity index (χ2n) is 8.31. The van der Waals surface area contributed by atoms with Crippen LogP contribution in [0.2, 0.25) is 0 Å². The lowest BCUT2D eigenvalue weighted by Gasteiger charge is -2.19. The molecule has 0 aliphatic heterocycles. The smallest absolute Gasteiger partial charge is 0.290 e. The third-order valence-corrected chi connectivity index (χ3v) is 5.75. The summed E-state index contributed by atoms with van der Waals surface area (Å²) < 4.78 is 12.1. The number of nitrogens with one attached hydrogen (secondary N) is 2. The highest BCUT2D eigenvalue weighted by Crippen LogP contribution is 2.45. The average molecular weight is 479 g/mol. The van der Waals surface area contributed by atoms with E-state index in [9.17, 15) is 0 Å². The van der Waals surface area contributed by atoms with Crippen LogP contribution in [-0.2, 0) is 4.79 Å². The highest BCUT2D eigenvalue weighted by atomic mass is 16.5. The lowest BCUT2D eigenvalue weighted by Crippen LogP contribution is -2.19. The van der Waals surface area contributed by atoms with Crippen molar-refractivity contribution >= 4 is 18.1 Å². The van der Waals surface area contributed by atoms with Crippen LogP contribution in [0.4, 0.5) is 11.6 Å². The van der Waals surface area contributed by atoms with Crippen LogP contribution in [0.3, 0.4) is 0 Å². The van der Waals surface area contributed by atoms with E-state index in [1.54, 1.807) is 7.11 Å². The predicted molar refractivity (Wildman–Crippen MR) is 125 cm³/mol. The van der Waals surface area contributed by atoms with Crippen molar-refractivity contribution in [1.82, 2.24) is 25.1 Å². The van der Waals surface area contributed by atoms with E-state index in [1.807, 2.05) is 18.2 Å². The second kappa shape index (κ2) is 10.8. The summed E-state index contributed by atoms with van der Waals surface area (Å²) in [7, 11) is 1.61. The van der Waals surface area contributed by atoms with E-state index >= 15 is 0 Å². The molecule has 2 atom stereocenters. The van der Waals surface area contributed by atoms with Crippen molar-refractivity contribution < 1.29 is 19.4 Å². The standard InChI is InChI=1S/C22H24N8O2.CH2O2/c1-31-22-21(17-8-19(30-29-17)28-20-11-25-14(9-23)10-26-20)18(7-16(27-22)12-2-3-12)32-15-5-4-13(24)6-15;2-1-3/h7-8,10-13,15H,2-6,24H2,1H3,(H2,26,28,29,30);1H,(H,2,3)/t13-,15+;/m0./s1. The summed E-state index contributed by atoms with van der Waals surface area (Å²) in [5.74, 6) is 2.71. The van der Waals surface area contributed by atoms with Crippen LogP contribution in [0.5, 0.6) is 11.6 Å². The minimum Gasteiger partial charge on any atom is -0.489 e. The number of methoxy groups -OCH3 is 1. The molecule has 12 nitrogen and oxygen atoms in total. The summed E-state index contributed by atoms with van der Waals surface area (Å²) >= 11 is 0. The Hall–Kier alpha value is -4.24. The number of aromatic amines is 1. The molecule has 0 spiro atoms. The maximum atomic E-state index is 8.87. The number of rotatable bonds is 7. The molecule has 35 heavy (non-hydrogen) atoms. The van der Waals surface area contributed by atoms with Crippen LogP contribution >= 0.6 is 0 Å². The van der Waals surface area contributed by atoms with Gasteiger partial charge in [0.05, 0.1) is 30.9 Å². The number of hydrogen-bond acceptors (Lipinski definition) is 10. The van der Waals surface area contributed by atoms with Gasteiger partial charge in [-0.15, -0.1) is 0 Å². The Kier molecular flexibility index (Phi) is 7.37. The summed E-state index contributed by atoms with van der Waals surface area (Å²) in [6, 6.07) is 5.98. The average Bonchev–Trinajstić information content (AvgIpc) is 3.49. The molecule has 2 aliphatic rings. The van der Waals surface area contributed by atoms with Crippen molar-refractivity contribution in [3.63, 3.8) is 0 Å². The molecule has 182 valence electrons. The molecule has 0 amide bonds. The predicted octanol–water partition coefficient (Wildman–Crippen LogP) is 2.72. The van der Waals surface area contributed by atoms with E-state index in [2.05, 4.69) is 25.5 Å². The maximum absolute atomic E-state index is 8.87. The molecule has 12 heteroatoms. The molecular formula is C23H26N8O4. The number of pyridine rings is 1. The number of nitrogens with two attached hydrogens (primary N) is 1. The first kappa shape index (κ1) is 23.9. The number of hydrogen-bond donors (Lipinski definition) is 4. The maximum Gasteiger partial charge on any atom is 0.290 e. The molecule has 5 rings (SSSR count). The Morgan fingerprint density at radius 2 is 2.03 bits per heavy atom. The molecule has 0 aromatic carbocycles. The zero-order chi connectivity index (χ0) is 24.8. The molecule has 3 heterocycles. The zero-order valence-corrected chi connectivity index (χ0v) is 19.1. The van der Waals surface area contributed by atoms with Crippen LogP contribution < -0.4 is 20.5 Å². The molecule has 2 aliphatic carbocycles. The van der Waals surface area contributed by atoms with Crippen molar-refractivity contribution in [1.29, 1.82) is 5.26 Å². The molecular weight excluding hydrogens is 452 g/mol. The fourth-order valence-corrected chi connectivity index (χ4v) is 3.95. The quantitative estimate of drug-likeness (QED) is 0.366. The summed E-state index contributed by atoms with van der Waals surface area (Å²) in [4.78, 5) is 21.3. The summed E-state index contributed by atoms with van der Waals surface area (Å²) in [6.07, 6.45) is 7.93. The molecule has 0 saturated heterocycles. The van der Waals surface area contributed by atoms with Crippen LogP contribution in [0.25, 0.3) is 11.3 Å². The van der Waals surface area contributed by atoms with Gasteiger partial charge in [0.25, 0.3) is 6.47 Å². The van der Waals surface area contributed by atoms with Crippen LogP contribution in [0.15, 0.2) is 24.5 Å². The lowest BCUT2D eigenvalue weighted by atomic mass is 10.1. The largest absolute Gasteiger partial charge is 0.489 e. The van der Waals surface area contributed by atoms with Gasteiger partial charge >= 0.3 is 0 Å². The van der Waals surface area contributed by atoms with E-state index < -0.39 is 0 Å². The van der Waals surface area contributed by atoms with E-state index in [0.717, 1.165) is 49.1 Å². The molecule has 0 unspecified atom stereocenters. The van der Waals surface area contributed by atoms with Gasteiger partial charge in [-0.05, 0) is 32.1 Å². The third-order valence-electron chi connectivity index (χ3n) is 5.75. The zero-order valence-electron chi connectivity index (χ0n) is 19.1. The summed E-state index contributed by atoms with van der Waals surface area (Å²) in [5, 5.41) is 26.2. The number of H-pyrrole nitrogens is 1. The molecule has 5 N–H and O–H groups in total. The number of carbonyl (C=O) groups is 1. The van der Waals surface area contributed by atoms with E-state index in [4.69, 9.17) is 35.4 Å². The Morgan fingerprint density at radius 1 is 1.23 bits per heavy atom. The fraction of sp³-hybridized carbons (Fsp3) is 0.391. The molecule has 2 fully saturated rings. The van der Waals surface area contributed by atoms with Crippen LogP contribution in [0, 0.1) is 11.3 Å². The first-order valence-corrected chi connectivity index (χ1v) is 11.2. The Balaban J connectivity index is 0.000000917. The number of nitriles is 1. The van der Waals surface area contributed by atoms with Crippen LogP contribution in [0.1, 0.15) is 49.4 Å². The SMILES string of the molecule is COc1nc(C2CC2)cc(O[C@@H]2CC[C@H](N)C2)c1-c1cc(Nc2cnc(C#N)cn2)n[nH]1.O=CO. The lowest BCUT2D eigenvalue weighted by molar-refractivity contribution is -0.122. The van der Waals surface area contributed by atoms with Gasteiger partial charge in [0.15, 0.2) is 11.5 Å². The van der Waals surface area contributed by atoms with Gasteiger partial charge in [-0.25, -0.2) is 15.0 Å². The topological polar surface area (TPSA) is 185 Å². The number of carboxylic acid groups (broad SMARTS) is 1. The summed E-state index contributed by atoms with van der Waals surface area (Å²) in [6.45, 7) is -0.250. The number of ether oxygens (including phenoxy) is 2. The third kappa shape index (κ3) is 5.82. The molecule has 3 aromatic heterocycles. The highest BCUT2D eigenvalue weighted by molar-refractivity contribution is 5.75. The van der Waals surface area contributed by atoms with E-state index in [1.165, 1.54) is 12.4 Å². The van der Waals surface area contributed by atoms with Gasteiger partial charge in [0.1, 0.15) is 29.3 Å². The van der Waals surface area contributed by atoms with E-state index in [-0.39, 0.29) is 24.3 Å². The van der Waals surface area contributed by atoms with Gasteiger partial charge in [0.2, 0.25) is 5.88 Å². The van der Waals surface area contributed by atoms with Crippen molar-refractivity contribution in [2.45, 2.75) is 50.2 Å². The van der Waals surface area contributed by atoms with Crippen LogP contribution in [-0.4, -0.2) is 56.0 Å². The molecule has 2 saturated carbocycles. The van der Waals surface area contributed by atoms with Gasteiger partial charge in [-0.3, -0.25) is 9.89 Å². The van der Waals surface area contributed by atoms with Crippen molar-refractivity contribution in [2.75, 3.05) is 12.4 Å². The summed E-state index contributed by atoms with van der Waals surface area (Å²) in [5.41, 5.74) is 8.77. The second-order valence-corrected chi connectivity index (χ2v) is 8.31. The van der Waals surface area contributed by atoms with Crippen molar-refractivity contribution in [3.05, 3.63) is 35.9 Å². The molecule has 0 bridgehead atoms. The van der Waals surface area contributed by atoms with Crippen molar-refractivity contribution in [2.24, 2.45) is 5.73 Å².